The minimum absolute atomic E-state index is 0.326. The van der Waals surface area contributed by atoms with Crippen molar-refractivity contribution in [3.63, 3.8) is 0 Å². The van der Waals surface area contributed by atoms with Gasteiger partial charge in [-0.25, -0.2) is 0 Å². The Morgan fingerprint density at radius 3 is 2.69 bits per heavy atom. The van der Waals surface area contributed by atoms with Crippen LogP contribution in [0.4, 0.5) is 13.2 Å². The van der Waals surface area contributed by atoms with Gasteiger partial charge in [0.2, 0.25) is 0 Å². The molecule has 1 heterocycles. The molecule has 0 bridgehead atoms. The van der Waals surface area contributed by atoms with Gasteiger partial charge < -0.3 is 4.74 Å². The first-order valence-corrected chi connectivity index (χ1v) is 3.63. The predicted octanol–water partition coefficient (Wildman–Crippen LogP) is 1.55. The van der Waals surface area contributed by atoms with E-state index in [1.807, 2.05) is 0 Å². The molecule has 3 nitrogen and oxygen atoms in total. The summed E-state index contributed by atoms with van der Waals surface area (Å²) in [6.45, 7) is 0.672. The van der Waals surface area contributed by atoms with Crippen LogP contribution in [-0.4, -0.2) is 23.5 Å². The molecule has 0 radical (unpaired) electrons. The molecule has 0 unspecified atom stereocenters. The van der Waals surface area contributed by atoms with Crippen molar-refractivity contribution < 1.29 is 17.9 Å². The molecule has 0 fully saturated rings. The maximum Gasteiger partial charge on any atom is 0.435 e. The highest BCUT2D eigenvalue weighted by molar-refractivity contribution is 5.02. The molecule has 0 saturated carbocycles. The molecule has 0 aliphatic carbocycles. The number of hydrogen-bond acceptors (Lipinski definition) is 2. The summed E-state index contributed by atoms with van der Waals surface area (Å²) in [5.41, 5.74) is -0.872. The van der Waals surface area contributed by atoms with Gasteiger partial charge in [0.25, 0.3) is 0 Å². The lowest BCUT2D eigenvalue weighted by atomic mass is 10.4. The topological polar surface area (TPSA) is 27.1 Å². The Hall–Kier alpha value is -1.04. The van der Waals surface area contributed by atoms with Crippen LogP contribution in [0.15, 0.2) is 12.3 Å². The lowest BCUT2D eigenvalue weighted by molar-refractivity contribution is -0.141. The summed E-state index contributed by atoms with van der Waals surface area (Å²) in [5, 5.41) is 3.33. The third kappa shape index (κ3) is 2.73. The number of rotatable bonds is 3. The summed E-state index contributed by atoms with van der Waals surface area (Å²) in [7, 11) is 1.48. The van der Waals surface area contributed by atoms with Gasteiger partial charge in [0, 0.05) is 13.3 Å². The van der Waals surface area contributed by atoms with E-state index >= 15 is 0 Å². The zero-order valence-corrected chi connectivity index (χ0v) is 7.01. The maximum atomic E-state index is 12.0. The maximum absolute atomic E-state index is 12.0. The van der Waals surface area contributed by atoms with E-state index in [9.17, 15) is 13.2 Å². The fourth-order valence-corrected chi connectivity index (χ4v) is 0.822. The average molecular weight is 194 g/mol. The monoisotopic (exact) mass is 194 g/mol. The molecular formula is C7H9F3N2O. The number of hydrogen-bond donors (Lipinski definition) is 0. The van der Waals surface area contributed by atoms with Crippen LogP contribution >= 0.6 is 0 Å². The summed E-state index contributed by atoms with van der Waals surface area (Å²) < 4.78 is 41.9. The average Bonchev–Trinajstić information content (AvgIpc) is 2.47. The lowest BCUT2D eigenvalue weighted by Gasteiger charge is -2.01. The summed E-state index contributed by atoms with van der Waals surface area (Å²) in [5.74, 6) is 0. The normalized spacial score (nSPS) is 12.0. The van der Waals surface area contributed by atoms with Crippen molar-refractivity contribution in [1.29, 1.82) is 0 Å². The molecule has 13 heavy (non-hydrogen) atoms. The third-order valence-electron chi connectivity index (χ3n) is 1.46. The van der Waals surface area contributed by atoms with Gasteiger partial charge in [-0.2, -0.15) is 18.3 Å². The highest BCUT2D eigenvalue weighted by Gasteiger charge is 2.33. The lowest BCUT2D eigenvalue weighted by Crippen LogP contribution is -2.09. The Balaban J connectivity index is 2.64. The number of ether oxygens (including phenoxy) is 1. The standard InChI is InChI=1S/C7H9F3N2O/c1-13-5-4-12-3-2-6(11-12)7(8,9)10/h2-3H,4-5H2,1H3. The molecule has 0 aromatic carbocycles. The van der Waals surface area contributed by atoms with Gasteiger partial charge in [0.15, 0.2) is 5.69 Å². The zero-order valence-electron chi connectivity index (χ0n) is 7.01. The number of nitrogens with zero attached hydrogens (tertiary/aromatic N) is 2. The van der Waals surface area contributed by atoms with E-state index in [1.54, 1.807) is 0 Å². The minimum atomic E-state index is -4.36. The van der Waals surface area contributed by atoms with Gasteiger partial charge in [-0.3, -0.25) is 4.68 Å². The Kier molecular flexibility index (Phi) is 2.92. The summed E-state index contributed by atoms with van der Waals surface area (Å²) in [6, 6.07) is 0.940. The Bertz CT molecular complexity index is 269. The van der Waals surface area contributed by atoms with Crippen molar-refractivity contribution in [3.05, 3.63) is 18.0 Å². The van der Waals surface area contributed by atoms with Gasteiger partial charge in [0.05, 0.1) is 13.2 Å². The molecule has 6 heteroatoms. The van der Waals surface area contributed by atoms with E-state index in [0.29, 0.717) is 13.2 Å². The third-order valence-corrected chi connectivity index (χ3v) is 1.46. The van der Waals surface area contributed by atoms with Gasteiger partial charge in [0.1, 0.15) is 0 Å². The molecule has 1 rings (SSSR count). The Morgan fingerprint density at radius 2 is 2.23 bits per heavy atom. The predicted molar refractivity (Wildman–Crippen MR) is 39.1 cm³/mol. The molecule has 0 saturated heterocycles. The molecule has 74 valence electrons. The van der Waals surface area contributed by atoms with E-state index in [2.05, 4.69) is 5.10 Å². The second-order valence-electron chi connectivity index (χ2n) is 2.45. The Labute approximate surface area is 73.1 Å². The molecule has 1 aromatic heterocycles. The van der Waals surface area contributed by atoms with Crippen LogP contribution in [0.2, 0.25) is 0 Å². The second kappa shape index (κ2) is 3.78. The highest BCUT2D eigenvalue weighted by Crippen LogP contribution is 2.27. The van der Waals surface area contributed by atoms with Crippen LogP contribution < -0.4 is 0 Å². The molecule has 0 aliphatic rings. The molecule has 0 aliphatic heterocycles. The largest absolute Gasteiger partial charge is 0.435 e. The van der Waals surface area contributed by atoms with Crippen LogP contribution in [0.5, 0.6) is 0 Å². The van der Waals surface area contributed by atoms with E-state index in [-0.39, 0.29) is 0 Å². The van der Waals surface area contributed by atoms with Crippen molar-refractivity contribution in [2.45, 2.75) is 12.7 Å². The van der Waals surface area contributed by atoms with Crippen LogP contribution in [0.1, 0.15) is 5.69 Å². The van der Waals surface area contributed by atoms with Gasteiger partial charge >= 0.3 is 6.18 Å². The van der Waals surface area contributed by atoms with Crippen molar-refractivity contribution >= 4 is 0 Å². The van der Waals surface area contributed by atoms with Crippen molar-refractivity contribution in [3.8, 4) is 0 Å². The van der Waals surface area contributed by atoms with Crippen LogP contribution in [0.25, 0.3) is 0 Å². The summed E-state index contributed by atoms with van der Waals surface area (Å²) in [6.07, 6.45) is -3.08. The molecule has 1 aromatic rings. The van der Waals surface area contributed by atoms with Crippen LogP contribution in [0.3, 0.4) is 0 Å². The van der Waals surface area contributed by atoms with E-state index in [4.69, 9.17) is 4.74 Å². The molecule has 0 atom stereocenters. The fourth-order valence-electron chi connectivity index (χ4n) is 0.822. The van der Waals surface area contributed by atoms with Gasteiger partial charge in [-0.15, -0.1) is 0 Å². The van der Waals surface area contributed by atoms with Crippen molar-refractivity contribution in [2.75, 3.05) is 13.7 Å². The molecule has 0 N–H and O–H groups in total. The minimum Gasteiger partial charge on any atom is -0.383 e. The van der Waals surface area contributed by atoms with Crippen molar-refractivity contribution in [2.24, 2.45) is 0 Å². The highest BCUT2D eigenvalue weighted by atomic mass is 19.4. The van der Waals surface area contributed by atoms with Crippen LogP contribution in [-0.2, 0) is 17.5 Å². The molecule has 0 spiro atoms. The Morgan fingerprint density at radius 1 is 1.54 bits per heavy atom. The summed E-state index contributed by atoms with van der Waals surface area (Å²) >= 11 is 0. The SMILES string of the molecule is COCCn1ccc(C(F)(F)F)n1. The molecular weight excluding hydrogens is 185 g/mol. The number of aromatic nitrogens is 2. The first kappa shape index (κ1) is 10.0. The van der Waals surface area contributed by atoms with Crippen molar-refractivity contribution in [1.82, 2.24) is 9.78 Å². The number of methoxy groups -OCH3 is 1. The van der Waals surface area contributed by atoms with E-state index in [0.717, 1.165) is 6.07 Å². The first-order chi connectivity index (χ1) is 6.04. The van der Waals surface area contributed by atoms with Gasteiger partial charge in [-0.1, -0.05) is 0 Å². The fraction of sp³-hybridized carbons (Fsp3) is 0.571. The summed E-state index contributed by atoms with van der Waals surface area (Å²) in [4.78, 5) is 0. The number of halogens is 3. The first-order valence-electron chi connectivity index (χ1n) is 3.63. The quantitative estimate of drug-likeness (QED) is 0.729. The van der Waals surface area contributed by atoms with E-state index in [1.165, 1.54) is 18.0 Å². The number of alkyl halides is 3. The second-order valence-corrected chi connectivity index (χ2v) is 2.45. The molecule has 0 amide bonds. The van der Waals surface area contributed by atoms with Gasteiger partial charge in [-0.05, 0) is 6.07 Å². The van der Waals surface area contributed by atoms with E-state index < -0.39 is 11.9 Å². The zero-order chi connectivity index (χ0) is 9.90. The smallest absolute Gasteiger partial charge is 0.383 e. The van der Waals surface area contributed by atoms with Crippen LogP contribution in [0, 0.1) is 0 Å².